The monoisotopic (exact) mass is 520 g/mol. The first-order chi connectivity index (χ1) is 17.5. The highest BCUT2D eigenvalue weighted by Gasteiger charge is 2.72. The minimum Gasteiger partial charge on any atom is -0.504 e. The highest BCUT2D eigenvalue weighted by Crippen LogP contribution is 2.64. The number of H-pyrrole nitrogens is 1. The molecule has 8 nitrogen and oxygen atoms in total. The summed E-state index contributed by atoms with van der Waals surface area (Å²) in [6, 6.07) is 5.00. The van der Waals surface area contributed by atoms with E-state index in [1.54, 1.807) is 24.7 Å². The highest BCUT2D eigenvalue weighted by molar-refractivity contribution is 6.06. The Bertz CT molecular complexity index is 1470. The van der Waals surface area contributed by atoms with Gasteiger partial charge in [-0.2, -0.15) is 0 Å². The van der Waals surface area contributed by atoms with Gasteiger partial charge in [-0.05, 0) is 55.8 Å². The molecule has 0 unspecified atom stereocenters. The normalized spacial score (nSPS) is 32.9. The molecule has 4 N–H and O–H groups in total. The maximum absolute atomic E-state index is 13.4. The number of hydrogen-bond acceptors (Lipinski definition) is 6. The van der Waals surface area contributed by atoms with Crippen LogP contribution in [-0.2, 0) is 11.8 Å². The van der Waals surface area contributed by atoms with Gasteiger partial charge in [0.2, 0.25) is 0 Å². The molecule has 2 aliphatic heterocycles. The molecule has 2 bridgehead atoms. The molecule has 1 amide bonds. The molecule has 3 aromatic rings. The molecule has 0 radical (unpaired) electrons. The topological polar surface area (TPSA) is 111 Å². The van der Waals surface area contributed by atoms with Crippen LogP contribution in [0.15, 0.2) is 48.9 Å². The van der Waals surface area contributed by atoms with E-state index in [9.17, 15) is 15.0 Å². The number of piperidine rings is 1. The summed E-state index contributed by atoms with van der Waals surface area (Å²) in [4.78, 5) is 23.2. The number of halogens is 1. The second-order valence-corrected chi connectivity index (χ2v) is 11.2. The summed E-state index contributed by atoms with van der Waals surface area (Å²) in [5.41, 5.74) is 1.56. The second kappa shape index (κ2) is 7.72. The van der Waals surface area contributed by atoms with Gasteiger partial charge in [0.1, 0.15) is 11.7 Å². The fourth-order valence-electron chi connectivity index (χ4n) is 7.55. The zero-order valence-corrected chi connectivity index (χ0v) is 21.0. The Balaban J connectivity index is 0.00000231. The number of hydrogen-bond donors (Lipinski definition) is 4. The first-order valence-corrected chi connectivity index (χ1v) is 12.9. The predicted molar refractivity (Wildman–Crippen MR) is 139 cm³/mol. The van der Waals surface area contributed by atoms with Crippen molar-refractivity contribution in [3.63, 3.8) is 0 Å². The summed E-state index contributed by atoms with van der Waals surface area (Å²) in [7, 11) is 0. The number of pyridine rings is 1. The standard InChI is InChI=1S/C28H28N4O4.ClH/c33-21-4-3-16-11-22-28(35)7-5-20(31-26(34)18-13-30-19-6-9-29-12-17(18)19)25-27(28,23(16)24(21)36-25)8-10-32(22)14-15-1-2-15;/h3-7,9,12-13,15,20,22,25,30,33,35H,1-2,8,10-11,14H2,(H,31,34);1H/t20-,22-,25+,27+,28-;/m1./s1. The predicted octanol–water partition coefficient (Wildman–Crippen LogP) is 2.83. The number of fused-ring (bicyclic) bond motifs is 1. The van der Waals surface area contributed by atoms with E-state index in [0.29, 0.717) is 24.2 Å². The number of aromatic amines is 1. The Labute approximate surface area is 220 Å². The average Bonchev–Trinajstić information content (AvgIpc) is 3.46. The molecule has 2 aromatic heterocycles. The summed E-state index contributed by atoms with van der Waals surface area (Å²) in [6.07, 6.45) is 12.3. The fourth-order valence-corrected chi connectivity index (χ4v) is 7.55. The van der Waals surface area contributed by atoms with Crippen molar-refractivity contribution in [2.24, 2.45) is 5.92 Å². The summed E-state index contributed by atoms with van der Waals surface area (Å²) < 4.78 is 6.51. The molecule has 5 aliphatic rings. The van der Waals surface area contributed by atoms with E-state index >= 15 is 0 Å². The number of aliphatic hydroxyl groups is 1. The third kappa shape index (κ3) is 2.92. The lowest BCUT2D eigenvalue weighted by molar-refractivity contribution is -0.144. The number of rotatable bonds is 4. The van der Waals surface area contributed by atoms with Crippen molar-refractivity contribution in [3.8, 4) is 11.5 Å². The molecular formula is C28H29ClN4O4. The van der Waals surface area contributed by atoms with Crippen LogP contribution in [0.1, 0.15) is 40.7 Å². The molecule has 192 valence electrons. The quantitative estimate of drug-likeness (QED) is 0.394. The molecule has 1 spiro atoms. The van der Waals surface area contributed by atoms with Crippen LogP contribution in [0.3, 0.4) is 0 Å². The van der Waals surface area contributed by atoms with Crippen LogP contribution in [-0.4, -0.2) is 67.9 Å². The first-order valence-electron chi connectivity index (χ1n) is 12.9. The van der Waals surface area contributed by atoms with Crippen LogP contribution < -0.4 is 10.1 Å². The lowest BCUT2D eigenvalue weighted by atomic mass is 9.50. The molecule has 2 fully saturated rings. The smallest absolute Gasteiger partial charge is 0.254 e. The number of likely N-dealkylation sites (tertiary alicyclic amines) is 1. The van der Waals surface area contributed by atoms with Crippen LogP contribution in [0.2, 0.25) is 0 Å². The molecule has 1 aromatic carbocycles. The van der Waals surface area contributed by atoms with E-state index in [1.807, 2.05) is 24.3 Å². The first kappa shape index (κ1) is 23.1. The molecule has 37 heavy (non-hydrogen) atoms. The molecular weight excluding hydrogens is 492 g/mol. The van der Waals surface area contributed by atoms with Crippen LogP contribution in [0.5, 0.6) is 11.5 Å². The van der Waals surface area contributed by atoms with Gasteiger partial charge >= 0.3 is 0 Å². The van der Waals surface area contributed by atoms with Crippen LogP contribution in [0, 0.1) is 5.92 Å². The Hall–Kier alpha value is -3.07. The van der Waals surface area contributed by atoms with Gasteiger partial charge in [-0.25, -0.2) is 0 Å². The van der Waals surface area contributed by atoms with Crippen molar-refractivity contribution < 1.29 is 19.7 Å². The van der Waals surface area contributed by atoms with Crippen molar-refractivity contribution in [2.75, 3.05) is 13.1 Å². The largest absolute Gasteiger partial charge is 0.504 e. The number of aromatic nitrogens is 2. The summed E-state index contributed by atoms with van der Waals surface area (Å²) >= 11 is 0. The number of phenols is 1. The molecule has 1 saturated heterocycles. The number of phenolic OH excluding ortho intramolecular Hbond substituents is 1. The fraction of sp³-hybridized carbons (Fsp3) is 0.429. The lowest BCUT2D eigenvalue weighted by Gasteiger charge is -2.62. The zero-order chi connectivity index (χ0) is 24.2. The number of nitrogens with zero attached hydrogens (tertiary/aromatic N) is 2. The molecule has 8 rings (SSSR count). The summed E-state index contributed by atoms with van der Waals surface area (Å²) in [5.74, 6) is 1.05. The number of nitrogens with one attached hydrogen (secondary N) is 2. The van der Waals surface area contributed by atoms with Crippen molar-refractivity contribution in [3.05, 3.63) is 65.6 Å². The van der Waals surface area contributed by atoms with Gasteiger partial charge in [0.15, 0.2) is 11.5 Å². The number of carbonyl (C=O) groups excluding carboxylic acids is 1. The average molecular weight is 521 g/mol. The molecule has 9 heteroatoms. The van der Waals surface area contributed by atoms with E-state index in [0.717, 1.165) is 41.0 Å². The van der Waals surface area contributed by atoms with Gasteiger partial charge < -0.3 is 25.3 Å². The maximum atomic E-state index is 13.4. The highest BCUT2D eigenvalue weighted by atomic mass is 35.5. The Morgan fingerprint density at radius 2 is 2.16 bits per heavy atom. The van der Waals surface area contributed by atoms with Crippen LogP contribution in [0.25, 0.3) is 10.9 Å². The number of amides is 1. The van der Waals surface area contributed by atoms with E-state index < -0.39 is 23.2 Å². The number of benzene rings is 1. The van der Waals surface area contributed by atoms with Crippen molar-refractivity contribution >= 4 is 29.2 Å². The van der Waals surface area contributed by atoms with Gasteiger partial charge in [0, 0.05) is 47.6 Å². The van der Waals surface area contributed by atoms with Gasteiger partial charge in [-0.15, -0.1) is 12.4 Å². The SMILES string of the molecule is Cl.O=C(N[C@@H]1C=C[C@@]2(O)[C@H]3Cc4ccc(O)c5c4[C@@]2(CCN3CC2CC2)[C@H]1O5)c1c[nH]c2ccncc12. The lowest BCUT2D eigenvalue weighted by Crippen LogP contribution is -2.76. The van der Waals surface area contributed by atoms with Crippen LogP contribution >= 0.6 is 12.4 Å². The van der Waals surface area contributed by atoms with Crippen LogP contribution in [0.4, 0.5) is 0 Å². The van der Waals surface area contributed by atoms with E-state index in [-0.39, 0.29) is 30.1 Å². The Morgan fingerprint density at radius 3 is 3.00 bits per heavy atom. The minimum atomic E-state index is -1.14. The molecule has 5 atom stereocenters. The van der Waals surface area contributed by atoms with Gasteiger partial charge in [0.05, 0.1) is 17.0 Å². The summed E-state index contributed by atoms with van der Waals surface area (Å²) in [6.45, 7) is 1.87. The third-order valence-corrected chi connectivity index (χ3v) is 9.37. The van der Waals surface area contributed by atoms with E-state index in [1.165, 1.54) is 12.8 Å². The van der Waals surface area contributed by atoms with Gasteiger partial charge in [-0.3, -0.25) is 14.7 Å². The number of ether oxygens (including phenoxy) is 1. The van der Waals surface area contributed by atoms with Gasteiger partial charge in [0.25, 0.3) is 5.91 Å². The van der Waals surface area contributed by atoms with Gasteiger partial charge in [-0.1, -0.05) is 18.2 Å². The Morgan fingerprint density at radius 1 is 1.30 bits per heavy atom. The Kier molecular flexibility index (Phi) is 4.82. The van der Waals surface area contributed by atoms with Crippen molar-refractivity contribution in [1.82, 2.24) is 20.2 Å². The van der Waals surface area contributed by atoms with Crippen molar-refractivity contribution in [2.45, 2.75) is 54.9 Å². The van der Waals surface area contributed by atoms with E-state index in [4.69, 9.17) is 4.74 Å². The van der Waals surface area contributed by atoms with E-state index in [2.05, 4.69) is 20.2 Å². The molecule has 3 aliphatic carbocycles. The minimum absolute atomic E-state index is 0. The molecule has 1 saturated carbocycles. The zero-order valence-electron chi connectivity index (χ0n) is 20.2. The maximum Gasteiger partial charge on any atom is 0.254 e. The number of carbonyl (C=O) groups is 1. The molecule has 4 heterocycles. The summed E-state index contributed by atoms with van der Waals surface area (Å²) in [5, 5.41) is 27.2. The number of aromatic hydroxyl groups is 1. The second-order valence-electron chi connectivity index (χ2n) is 11.2. The van der Waals surface area contributed by atoms with Crippen molar-refractivity contribution in [1.29, 1.82) is 0 Å². The third-order valence-electron chi connectivity index (χ3n) is 9.37.